The van der Waals surface area contributed by atoms with E-state index in [1.807, 2.05) is 0 Å². The molecule has 1 aromatic rings. The van der Waals surface area contributed by atoms with Crippen molar-refractivity contribution in [1.82, 2.24) is 0 Å². The average Bonchev–Trinajstić information content (AvgIpc) is 3.01. The summed E-state index contributed by atoms with van der Waals surface area (Å²) in [6, 6.07) is 2.66. The number of rotatable bonds is 4. The molecule has 3 rings (SSSR count). The molecule has 0 bridgehead atoms. The lowest BCUT2D eigenvalue weighted by Crippen LogP contribution is -2.57. The third-order valence-electron chi connectivity index (χ3n) is 3.98. The van der Waals surface area contributed by atoms with Crippen molar-refractivity contribution in [2.24, 2.45) is 0 Å². The van der Waals surface area contributed by atoms with Crippen LogP contribution < -0.4 is 9.47 Å². The first-order chi connectivity index (χ1) is 11.4. The number of benzene rings is 1. The molecule has 0 amide bonds. The van der Waals surface area contributed by atoms with Crippen molar-refractivity contribution in [3.05, 3.63) is 27.8 Å². The van der Waals surface area contributed by atoms with Crippen LogP contribution in [0.3, 0.4) is 0 Å². The Kier molecular flexibility index (Phi) is 4.56. The van der Waals surface area contributed by atoms with Crippen molar-refractivity contribution >= 4 is 5.69 Å². The van der Waals surface area contributed by atoms with E-state index in [-0.39, 0.29) is 30.4 Å². The highest BCUT2D eigenvalue weighted by Crippen LogP contribution is 2.38. The number of ether oxygens (including phenoxy) is 4. The van der Waals surface area contributed by atoms with Gasteiger partial charge in [0.2, 0.25) is 6.79 Å². The van der Waals surface area contributed by atoms with Gasteiger partial charge in [-0.05, 0) is 13.0 Å². The first kappa shape index (κ1) is 16.9. The molecule has 0 aromatic heterocycles. The van der Waals surface area contributed by atoms with Crippen LogP contribution in [-0.2, 0) is 16.1 Å². The van der Waals surface area contributed by atoms with Crippen molar-refractivity contribution in [2.45, 2.75) is 44.2 Å². The summed E-state index contributed by atoms with van der Waals surface area (Å²) in [5.41, 5.74) is -0.0218. The quantitative estimate of drug-likeness (QED) is 0.495. The van der Waals surface area contributed by atoms with Gasteiger partial charge in [0, 0.05) is 0 Å². The predicted molar refractivity (Wildman–Crippen MR) is 76.4 cm³/mol. The van der Waals surface area contributed by atoms with Gasteiger partial charge in [-0.2, -0.15) is 0 Å². The smallest absolute Gasteiger partial charge is 0.278 e. The first-order valence-corrected chi connectivity index (χ1v) is 7.26. The van der Waals surface area contributed by atoms with Crippen LogP contribution in [0.15, 0.2) is 12.1 Å². The van der Waals surface area contributed by atoms with Crippen LogP contribution in [0.4, 0.5) is 5.69 Å². The maximum Gasteiger partial charge on any atom is 0.278 e. The summed E-state index contributed by atoms with van der Waals surface area (Å²) in [6.07, 6.45) is -6.17. The Morgan fingerprint density at radius 2 is 1.88 bits per heavy atom. The van der Waals surface area contributed by atoms with E-state index < -0.39 is 35.6 Å². The number of fused-ring (bicyclic) bond motifs is 1. The molecule has 0 spiro atoms. The zero-order chi connectivity index (χ0) is 17.4. The molecule has 0 aliphatic carbocycles. The highest BCUT2D eigenvalue weighted by molar-refractivity contribution is 5.55. The van der Waals surface area contributed by atoms with Gasteiger partial charge in [-0.25, -0.2) is 0 Å². The molecule has 0 saturated carbocycles. The van der Waals surface area contributed by atoms with Crippen molar-refractivity contribution in [3.8, 4) is 11.5 Å². The fourth-order valence-electron chi connectivity index (χ4n) is 2.58. The molecule has 10 nitrogen and oxygen atoms in total. The van der Waals surface area contributed by atoms with Crippen LogP contribution in [0.5, 0.6) is 11.5 Å². The van der Waals surface area contributed by atoms with Gasteiger partial charge < -0.3 is 34.3 Å². The standard InChI is InChI=1S/C14H17NO9/c1-6-11(16)12(17)13(18)14(24-6)21-4-7-2-9-10(23-5-22-9)3-8(7)15(19)20/h2-3,6,11-14,16-18H,4-5H2,1H3/t6-,11-,12+,13+,14-/m0/s1. The van der Waals surface area contributed by atoms with Gasteiger partial charge in [0.15, 0.2) is 17.8 Å². The molecule has 24 heavy (non-hydrogen) atoms. The molecule has 5 atom stereocenters. The minimum absolute atomic E-state index is 0.0250. The Hall–Kier alpha value is -1.98. The fraction of sp³-hybridized carbons (Fsp3) is 0.571. The third-order valence-corrected chi connectivity index (χ3v) is 3.98. The van der Waals surface area contributed by atoms with Gasteiger partial charge in [-0.3, -0.25) is 10.1 Å². The fourth-order valence-corrected chi connectivity index (χ4v) is 2.58. The van der Waals surface area contributed by atoms with Crippen LogP contribution in [0, 0.1) is 10.1 Å². The average molecular weight is 343 g/mol. The summed E-state index contributed by atoms with van der Waals surface area (Å²) in [5, 5.41) is 40.5. The second-order valence-corrected chi connectivity index (χ2v) is 5.58. The second-order valence-electron chi connectivity index (χ2n) is 5.58. The predicted octanol–water partition coefficient (Wildman–Crippen LogP) is -0.332. The van der Waals surface area contributed by atoms with E-state index in [2.05, 4.69) is 0 Å². The van der Waals surface area contributed by atoms with E-state index in [4.69, 9.17) is 18.9 Å². The molecule has 2 aliphatic heterocycles. The van der Waals surface area contributed by atoms with E-state index in [9.17, 15) is 25.4 Å². The number of nitro benzene ring substituents is 1. The van der Waals surface area contributed by atoms with Crippen LogP contribution in [0.25, 0.3) is 0 Å². The molecule has 0 radical (unpaired) electrons. The molecule has 1 aromatic carbocycles. The largest absolute Gasteiger partial charge is 0.454 e. The number of nitro groups is 1. The Morgan fingerprint density at radius 3 is 2.54 bits per heavy atom. The zero-order valence-electron chi connectivity index (χ0n) is 12.7. The lowest BCUT2D eigenvalue weighted by Gasteiger charge is -2.38. The summed E-state index contributed by atoms with van der Waals surface area (Å²) in [5.74, 6) is 0.625. The molecule has 1 fully saturated rings. The zero-order valence-corrected chi connectivity index (χ0v) is 12.7. The number of hydrogen-bond acceptors (Lipinski definition) is 9. The minimum atomic E-state index is -1.48. The molecule has 10 heteroatoms. The van der Waals surface area contributed by atoms with Crippen molar-refractivity contribution in [1.29, 1.82) is 0 Å². The molecular weight excluding hydrogens is 326 g/mol. The summed E-state index contributed by atoms with van der Waals surface area (Å²) >= 11 is 0. The van der Waals surface area contributed by atoms with Gasteiger partial charge in [-0.15, -0.1) is 0 Å². The highest BCUT2D eigenvalue weighted by Gasteiger charge is 2.42. The van der Waals surface area contributed by atoms with Gasteiger partial charge >= 0.3 is 0 Å². The van der Waals surface area contributed by atoms with Crippen molar-refractivity contribution in [3.63, 3.8) is 0 Å². The van der Waals surface area contributed by atoms with E-state index in [1.165, 1.54) is 19.1 Å². The van der Waals surface area contributed by atoms with Crippen LogP contribution in [0.2, 0.25) is 0 Å². The summed E-state index contributed by atoms with van der Waals surface area (Å²) < 4.78 is 20.9. The number of nitrogens with zero attached hydrogens (tertiary/aromatic N) is 1. The first-order valence-electron chi connectivity index (χ1n) is 7.26. The SMILES string of the molecule is C[C@@H]1O[C@H](OCc2cc3c(cc2[N+](=O)[O-])OCO3)[C@H](O)[C@H](O)[C@H]1O. The minimum Gasteiger partial charge on any atom is -0.454 e. The van der Waals surface area contributed by atoms with Crippen LogP contribution in [-0.4, -0.2) is 57.7 Å². The van der Waals surface area contributed by atoms with E-state index in [0.29, 0.717) is 5.75 Å². The van der Waals surface area contributed by atoms with Crippen LogP contribution in [0.1, 0.15) is 12.5 Å². The van der Waals surface area contributed by atoms with Gasteiger partial charge in [-0.1, -0.05) is 0 Å². The van der Waals surface area contributed by atoms with Gasteiger partial charge in [0.1, 0.15) is 18.3 Å². The summed E-state index contributed by atoms with van der Waals surface area (Å²) in [4.78, 5) is 10.6. The number of hydrogen-bond donors (Lipinski definition) is 3. The number of aliphatic hydroxyl groups is 3. The Labute approximate surface area is 136 Å². The molecule has 0 unspecified atom stereocenters. The molecule has 2 heterocycles. The molecular formula is C14H17NO9. The summed E-state index contributed by atoms with van der Waals surface area (Å²) in [6.45, 7) is 1.23. The Balaban J connectivity index is 1.76. The van der Waals surface area contributed by atoms with Crippen molar-refractivity contribution in [2.75, 3.05) is 6.79 Å². The van der Waals surface area contributed by atoms with E-state index in [1.54, 1.807) is 0 Å². The number of aliphatic hydroxyl groups excluding tert-OH is 3. The molecule has 2 aliphatic rings. The van der Waals surface area contributed by atoms with Crippen LogP contribution >= 0.6 is 0 Å². The van der Waals surface area contributed by atoms with Crippen molar-refractivity contribution < 1.29 is 39.2 Å². The topological polar surface area (TPSA) is 141 Å². The highest BCUT2D eigenvalue weighted by atomic mass is 16.7. The summed E-state index contributed by atoms with van der Waals surface area (Å²) in [7, 11) is 0. The molecule has 1 saturated heterocycles. The van der Waals surface area contributed by atoms with E-state index >= 15 is 0 Å². The van der Waals surface area contributed by atoms with Gasteiger partial charge in [0.25, 0.3) is 5.69 Å². The second kappa shape index (κ2) is 6.49. The molecule has 132 valence electrons. The maximum absolute atomic E-state index is 11.2. The Bertz CT molecular complexity index is 637. The third kappa shape index (κ3) is 3.01. The lowest BCUT2D eigenvalue weighted by atomic mass is 10.00. The monoisotopic (exact) mass is 343 g/mol. The maximum atomic E-state index is 11.2. The van der Waals surface area contributed by atoms with E-state index in [0.717, 1.165) is 0 Å². The van der Waals surface area contributed by atoms with Gasteiger partial charge in [0.05, 0.1) is 29.3 Å². The normalized spacial score (nSPS) is 31.9. The molecule has 3 N–H and O–H groups in total. The lowest BCUT2D eigenvalue weighted by molar-refractivity contribution is -0.386. The Morgan fingerprint density at radius 1 is 1.21 bits per heavy atom.